The second-order valence-electron chi connectivity index (χ2n) is 6.64. The Morgan fingerprint density at radius 3 is 2.62 bits per heavy atom. The molecular formula is C17H26N2O2. The second kappa shape index (κ2) is 6.48. The zero-order valence-electron chi connectivity index (χ0n) is 13.4. The molecule has 116 valence electrons. The first-order chi connectivity index (χ1) is 9.88. The van der Waals surface area contributed by atoms with Gasteiger partial charge in [-0.05, 0) is 26.3 Å². The summed E-state index contributed by atoms with van der Waals surface area (Å²) >= 11 is 0. The molecule has 1 N–H and O–H groups in total. The van der Waals surface area contributed by atoms with Gasteiger partial charge in [0.2, 0.25) is 0 Å². The van der Waals surface area contributed by atoms with Crippen LogP contribution in [0, 0.1) is 0 Å². The Balaban J connectivity index is 2.13. The Kier molecular flexibility index (Phi) is 4.88. The van der Waals surface area contributed by atoms with Crippen LogP contribution in [0.3, 0.4) is 0 Å². The average Bonchev–Trinajstić information content (AvgIpc) is 2.45. The second-order valence-corrected chi connectivity index (χ2v) is 6.64. The molecule has 4 nitrogen and oxygen atoms in total. The standard InChI is InChI=1S/C17H26N2O2/c1-13(14-8-6-5-7-9-14)15-12-18-10-11-19(15)16(20)21-17(2,3)4/h5-9,13,15,18H,10-12H2,1-4H3. The van der Waals surface area contributed by atoms with Crippen LogP contribution in [0.25, 0.3) is 0 Å². The Hall–Kier alpha value is -1.55. The number of nitrogens with zero attached hydrogens (tertiary/aromatic N) is 1. The highest BCUT2D eigenvalue weighted by atomic mass is 16.6. The fourth-order valence-corrected chi connectivity index (χ4v) is 2.70. The van der Waals surface area contributed by atoms with Gasteiger partial charge in [-0.1, -0.05) is 37.3 Å². The van der Waals surface area contributed by atoms with E-state index >= 15 is 0 Å². The number of amides is 1. The van der Waals surface area contributed by atoms with E-state index in [0.717, 1.165) is 13.1 Å². The van der Waals surface area contributed by atoms with Gasteiger partial charge >= 0.3 is 6.09 Å². The van der Waals surface area contributed by atoms with E-state index in [-0.39, 0.29) is 18.1 Å². The number of rotatable bonds is 2. The van der Waals surface area contributed by atoms with Gasteiger partial charge < -0.3 is 15.0 Å². The lowest BCUT2D eigenvalue weighted by atomic mass is 9.91. The molecule has 21 heavy (non-hydrogen) atoms. The molecule has 2 atom stereocenters. The van der Waals surface area contributed by atoms with Gasteiger partial charge in [0.15, 0.2) is 0 Å². The first-order valence-corrected chi connectivity index (χ1v) is 7.64. The number of carbonyl (C=O) groups excluding carboxylic acids is 1. The zero-order valence-corrected chi connectivity index (χ0v) is 13.4. The summed E-state index contributed by atoms with van der Waals surface area (Å²) in [5.74, 6) is 0.270. The number of carbonyl (C=O) groups is 1. The molecule has 2 unspecified atom stereocenters. The minimum absolute atomic E-state index is 0.121. The maximum atomic E-state index is 12.4. The fourth-order valence-electron chi connectivity index (χ4n) is 2.70. The molecule has 0 radical (unpaired) electrons. The Morgan fingerprint density at radius 1 is 1.33 bits per heavy atom. The van der Waals surface area contributed by atoms with Gasteiger partial charge in [0.25, 0.3) is 0 Å². The van der Waals surface area contributed by atoms with Gasteiger partial charge in [0.1, 0.15) is 5.60 Å². The van der Waals surface area contributed by atoms with Crippen LogP contribution in [0.1, 0.15) is 39.2 Å². The molecule has 0 bridgehead atoms. The average molecular weight is 290 g/mol. The molecule has 1 fully saturated rings. The molecule has 1 aliphatic rings. The van der Waals surface area contributed by atoms with Crippen LogP contribution in [-0.4, -0.2) is 42.3 Å². The maximum Gasteiger partial charge on any atom is 0.410 e. The van der Waals surface area contributed by atoms with Crippen molar-refractivity contribution >= 4 is 6.09 Å². The number of ether oxygens (including phenoxy) is 1. The predicted octanol–water partition coefficient (Wildman–Crippen LogP) is 3.00. The number of benzene rings is 1. The highest BCUT2D eigenvalue weighted by Crippen LogP contribution is 2.25. The normalized spacial score (nSPS) is 21.0. The van der Waals surface area contributed by atoms with Gasteiger partial charge in [0, 0.05) is 25.6 Å². The summed E-state index contributed by atoms with van der Waals surface area (Å²) in [6, 6.07) is 10.5. The van der Waals surface area contributed by atoms with Gasteiger partial charge in [-0.25, -0.2) is 4.79 Å². The third kappa shape index (κ3) is 4.21. The topological polar surface area (TPSA) is 41.6 Å². The van der Waals surface area contributed by atoms with Crippen molar-refractivity contribution in [3.8, 4) is 0 Å². The quantitative estimate of drug-likeness (QED) is 0.910. The van der Waals surface area contributed by atoms with Gasteiger partial charge in [-0.15, -0.1) is 0 Å². The molecule has 1 aliphatic heterocycles. The monoisotopic (exact) mass is 290 g/mol. The Morgan fingerprint density at radius 2 is 2.00 bits per heavy atom. The lowest BCUT2D eigenvalue weighted by molar-refractivity contribution is 0.00947. The molecule has 0 spiro atoms. The zero-order chi connectivity index (χ0) is 15.5. The molecular weight excluding hydrogens is 264 g/mol. The van der Waals surface area contributed by atoms with E-state index in [1.165, 1.54) is 5.56 Å². The van der Waals surface area contributed by atoms with E-state index in [1.54, 1.807) is 0 Å². The number of hydrogen-bond donors (Lipinski definition) is 1. The summed E-state index contributed by atoms with van der Waals surface area (Å²) < 4.78 is 5.55. The van der Waals surface area contributed by atoms with E-state index < -0.39 is 5.60 Å². The van der Waals surface area contributed by atoms with Crippen LogP contribution in [0.15, 0.2) is 30.3 Å². The minimum atomic E-state index is -0.456. The molecule has 1 heterocycles. The highest BCUT2D eigenvalue weighted by Gasteiger charge is 2.33. The Labute approximate surface area is 127 Å². The summed E-state index contributed by atoms with van der Waals surface area (Å²) in [4.78, 5) is 14.3. The van der Waals surface area contributed by atoms with Gasteiger partial charge in [-0.3, -0.25) is 0 Å². The van der Waals surface area contributed by atoms with Crippen molar-refractivity contribution in [3.05, 3.63) is 35.9 Å². The molecule has 1 aromatic carbocycles. The largest absolute Gasteiger partial charge is 0.444 e. The van der Waals surface area contributed by atoms with Crippen LogP contribution in [-0.2, 0) is 4.74 Å². The van der Waals surface area contributed by atoms with E-state index in [4.69, 9.17) is 4.74 Å². The van der Waals surface area contributed by atoms with E-state index in [0.29, 0.717) is 6.54 Å². The first kappa shape index (κ1) is 15.8. The number of nitrogens with one attached hydrogen (secondary N) is 1. The minimum Gasteiger partial charge on any atom is -0.444 e. The van der Waals surface area contributed by atoms with Crippen molar-refractivity contribution in [1.29, 1.82) is 0 Å². The lowest BCUT2D eigenvalue weighted by Gasteiger charge is -2.40. The molecule has 2 rings (SSSR count). The van der Waals surface area contributed by atoms with Gasteiger partial charge in [-0.2, -0.15) is 0 Å². The summed E-state index contributed by atoms with van der Waals surface area (Å²) in [7, 11) is 0. The SMILES string of the molecule is CC(c1ccccc1)C1CNCCN1C(=O)OC(C)(C)C. The molecule has 0 aromatic heterocycles. The van der Waals surface area contributed by atoms with Crippen molar-refractivity contribution in [1.82, 2.24) is 10.2 Å². The summed E-state index contributed by atoms with van der Waals surface area (Å²) in [5, 5.41) is 3.38. The van der Waals surface area contributed by atoms with Crippen LogP contribution in [0.2, 0.25) is 0 Å². The molecule has 0 saturated carbocycles. The highest BCUT2D eigenvalue weighted by molar-refractivity contribution is 5.69. The summed E-state index contributed by atoms with van der Waals surface area (Å²) in [6.07, 6.45) is -0.211. The van der Waals surface area contributed by atoms with E-state index in [2.05, 4.69) is 24.4 Å². The summed E-state index contributed by atoms with van der Waals surface area (Å²) in [6.45, 7) is 10.2. The molecule has 4 heteroatoms. The molecule has 1 saturated heterocycles. The summed E-state index contributed by atoms with van der Waals surface area (Å²) in [5.41, 5.74) is 0.794. The van der Waals surface area contributed by atoms with Crippen molar-refractivity contribution in [2.75, 3.05) is 19.6 Å². The van der Waals surface area contributed by atoms with Crippen molar-refractivity contribution in [3.63, 3.8) is 0 Å². The fraction of sp³-hybridized carbons (Fsp3) is 0.588. The van der Waals surface area contributed by atoms with Crippen LogP contribution < -0.4 is 5.32 Å². The lowest BCUT2D eigenvalue weighted by Crippen LogP contribution is -2.56. The maximum absolute atomic E-state index is 12.4. The third-order valence-corrected chi connectivity index (χ3v) is 3.81. The van der Waals surface area contributed by atoms with Crippen molar-refractivity contribution in [2.24, 2.45) is 0 Å². The van der Waals surface area contributed by atoms with E-state index in [9.17, 15) is 4.79 Å². The molecule has 1 aromatic rings. The first-order valence-electron chi connectivity index (χ1n) is 7.64. The Bertz CT molecular complexity index is 467. The number of hydrogen-bond acceptors (Lipinski definition) is 3. The van der Waals surface area contributed by atoms with Crippen LogP contribution >= 0.6 is 0 Å². The predicted molar refractivity (Wildman–Crippen MR) is 84.5 cm³/mol. The number of piperazine rings is 1. The molecule has 1 amide bonds. The van der Waals surface area contributed by atoms with Gasteiger partial charge in [0.05, 0.1) is 6.04 Å². The van der Waals surface area contributed by atoms with Crippen LogP contribution in [0.5, 0.6) is 0 Å². The molecule has 0 aliphatic carbocycles. The van der Waals surface area contributed by atoms with E-state index in [1.807, 2.05) is 43.9 Å². The smallest absolute Gasteiger partial charge is 0.410 e. The third-order valence-electron chi connectivity index (χ3n) is 3.81. The van der Waals surface area contributed by atoms with Crippen LogP contribution in [0.4, 0.5) is 4.79 Å². The van der Waals surface area contributed by atoms with Crippen molar-refractivity contribution < 1.29 is 9.53 Å². The van der Waals surface area contributed by atoms with Crippen molar-refractivity contribution in [2.45, 2.75) is 45.3 Å².